The second-order valence-electron chi connectivity index (χ2n) is 8.26. The molecule has 0 aliphatic carbocycles. The first kappa shape index (κ1) is 19.0. The van der Waals surface area contributed by atoms with Gasteiger partial charge in [0.2, 0.25) is 0 Å². The zero-order valence-corrected chi connectivity index (χ0v) is 17.2. The maximum Gasteiger partial charge on any atom is 0.254 e. The Labute approximate surface area is 177 Å². The second-order valence-corrected chi connectivity index (χ2v) is 8.26. The van der Waals surface area contributed by atoms with Gasteiger partial charge in [0.15, 0.2) is 0 Å². The number of carbonyl (C=O) groups excluding carboxylic acids is 1. The van der Waals surface area contributed by atoms with Crippen molar-refractivity contribution in [2.45, 2.75) is 31.7 Å². The summed E-state index contributed by atoms with van der Waals surface area (Å²) in [5.41, 5.74) is 3.83. The minimum absolute atomic E-state index is 0.154. The van der Waals surface area contributed by atoms with E-state index >= 15 is 0 Å². The van der Waals surface area contributed by atoms with E-state index in [0.29, 0.717) is 6.04 Å². The average Bonchev–Trinajstić information content (AvgIpc) is 3.57. The number of carbonyl (C=O) groups is 1. The fourth-order valence-corrected chi connectivity index (χ4v) is 4.64. The molecule has 0 radical (unpaired) electrons. The molecule has 2 fully saturated rings. The molecule has 0 spiro atoms. The summed E-state index contributed by atoms with van der Waals surface area (Å²) in [7, 11) is 0. The quantitative estimate of drug-likeness (QED) is 0.655. The smallest absolute Gasteiger partial charge is 0.254 e. The lowest BCUT2D eigenvalue weighted by atomic mass is 10.1. The predicted molar refractivity (Wildman–Crippen MR) is 117 cm³/mol. The van der Waals surface area contributed by atoms with Gasteiger partial charge in [-0.1, -0.05) is 0 Å². The molecule has 1 aromatic carbocycles. The van der Waals surface area contributed by atoms with E-state index in [9.17, 15) is 4.79 Å². The number of pyridine rings is 1. The Bertz CT molecular complexity index is 992. The van der Waals surface area contributed by atoms with Crippen LogP contribution in [0.4, 0.5) is 0 Å². The summed E-state index contributed by atoms with van der Waals surface area (Å²) in [6.45, 7) is 4.25. The van der Waals surface area contributed by atoms with Crippen LogP contribution in [0.3, 0.4) is 0 Å². The van der Waals surface area contributed by atoms with Gasteiger partial charge in [-0.3, -0.25) is 9.78 Å². The lowest BCUT2D eigenvalue weighted by Gasteiger charge is -2.28. The molecule has 0 saturated carbocycles. The molecule has 1 atom stereocenters. The molecule has 6 heteroatoms. The lowest BCUT2D eigenvalue weighted by molar-refractivity contribution is 0.0709. The normalized spacial score (nSPS) is 19.5. The minimum atomic E-state index is 0.154. The largest absolute Gasteiger partial charge is 0.334 e. The van der Waals surface area contributed by atoms with Crippen molar-refractivity contribution in [1.29, 1.82) is 0 Å². The van der Waals surface area contributed by atoms with Crippen molar-refractivity contribution in [2.24, 2.45) is 0 Å². The third kappa shape index (κ3) is 3.87. The SMILES string of the molecule is O=C(c1ccc(-n2cc(-c3ccncc3)cn2)cc1)N1CCCC1CN1CCCC1. The first-order valence-electron chi connectivity index (χ1n) is 10.9. The number of hydrogen-bond acceptors (Lipinski definition) is 4. The van der Waals surface area contributed by atoms with Crippen molar-refractivity contribution in [1.82, 2.24) is 24.6 Å². The van der Waals surface area contributed by atoms with Gasteiger partial charge in [0, 0.05) is 48.8 Å². The molecular formula is C24H27N5O. The van der Waals surface area contributed by atoms with Gasteiger partial charge < -0.3 is 9.80 Å². The maximum atomic E-state index is 13.1. The van der Waals surface area contributed by atoms with Crippen LogP contribution in [-0.2, 0) is 0 Å². The molecule has 1 unspecified atom stereocenters. The zero-order chi connectivity index (χ0) is 20.3. The van der Waals surface area contributed by atoms with E-state index < -0.39 is 0 Å². The van der Waals surface area contributed by atoms with Gasteiger partial charge in [0.25, 0.3) is 5.91 Å². The summed E-state index contributed by atoms with van der Waals surface area (Å²) < 4.78 is 1.84. The third-order valence-electron chi connectivity index (χ3n) is 6.28. The molecular weight excluding hydrogens is 374 g/mol. The fourth-order valence-electron chi connectivity index (χ4n) is 4.64. The Kier molecular flexibility index (Phi) is 5.32. The van der Waals surface area contributed by atoms with Gasteiger partial charge in [0.1, 0.15) is 0 Å². The maximum absolute atomic E-state index is 13.1. The molecule has 2 aromatic heterocycles. The van der Waals surface area contributed by atoms with Crippen LogP contribution in [0.1, 0.15) is 36.0 Å². The fraction of sp³-hybridized carbons (Fsp3) is 0.375. The van der Waals surface area contributed by atoms with Crippen LogP contribution in [0.2, 0.25) is 0 Å². The molecule has 2 aliphatic heterocycles. The van der Waals surface area contributed by atoms with E-state index in [1.807, 2.05) is 53.5 Å². The summed E-state index contributed by atoms with van der Waals surface area (Å²) in [6.07, 6.45) is 12.2. The van der Waals surface area contributed by atoms with Gasteiger partial charge >= 0.3 is 0 Å². The molecule has 2 saturated heterocycles. The van der Waals surface area contributed by atoms with Gasteiger partial charge in [0.05, 0.1) is 11.9 Å². The van der Waals surface area contributed by atoms with Crippen LogP contribution < -0.4 is 0 Å². The summed E-state index contributed by atoms with van der Waals surface area (Å²) in [5.74, 6) is 0.154. The molecule has 5 rings (SSSR count). The number of nitrogens with zero attached hydrogens (tertiary/aromatic N) is 5. The van der Waals surface area contributed by atoms with Crippen molar-refractivity contribution in [3.05, 3.63) is 66.7 Å². The van der Waals surface area contributed by atoms with Crippen molar-refractivity contribution in [3.63, 3.8) is 0 Å². The highest BCUT2D eigenvalue weighted by Gasteiger charge is 2.31. The van der Waals surface area contributed by atoms with Crippen molar-refractivity contribution in [2.75, 3.05) is 26.2 Å². The highest BCUT2D eigenvalue weighted by atomic mass is 16.2. The van der Waals surface area contributed by atoms with E-state index in [0.717, 1.165) is 48.3 Å². The number of hydrogen-bond donors (Lipinski definition) is 0. The summed E-state index contributed by atoms with van der Waals surface area (Å²) in [4.78, 5) is 21.8. The predicted octanol–water partition coefficient (Wildman–Crippen LogP) is 3.63. The van der Waals surface area contributed by atoms with E-state index in [2.05, 4.69) is 19.9 Å². The monoisotopic (exact) mass is 401 g/mol. The second kappa shape index (κ2) is 8.40. The van der Waals surface area contributed by atoms with E-state index in [1.165, 1.54) is 25.9 Å². The van der Waals surface area contributed by atoms with Crippen molar-refractivity contribution in [3.8, 4) is 16.8 Å². The molecule has 3 aromatic rings. The average molecular weight is 402 g/mol. The summed E-state index contributed by atoms with van der Waals surface area (Å²) in [6, 6.07) is 12.1. The first-order chi connectivity index (χ1) is 14.8. The molecule has 154 valence electrons. The van der Waals surface area contributed by atoms with Gasteiger partial charge in [-0.15, -0.1) is 0 Å². The van der Waals surface area contributed by atoms with E-state index in [4.69, 9.17) is 0 Å². The lowest BCUT2D eigenvalue weighted by Crippen LogP contribution is -2.42. The molecule has 2 aliphatic rings. The number of benzene rings is 1. The minimum Gasteiger partial charge on any atom is -0.334 e. The third-order valence-corrected chi connectivity index (χ3v) is 6.28. The summed E-state index contributed by atoms with van der Waals surface area (Å²) >= 11 is 0. The van der Waals surface area contributed by atoms with E-state index in [1.54, 1.807) is 12.4 Å². The van der Waals surface area contributed by atoms with E-state index in [-0.39, 0.29) is 5.91 Å². The van der Waals surface area contributed by atoms with Crippen molar-refractivity contribution >= 4 is 5.91 Å². The Hall–Kier alpha value is -2.99. The molecule has 4 heterocycles. The zero-order valence-electron chi connectivity index (χ0n) is 17.2. The van der Waals surface area contributed by atoms with Crippen molar-refractivity contribution < 1.29 is 4.79 Å². The van der Waals surface area contributed by atoms with Crippen LogP contribution >= 0.6 is 0 Å². The Morgan fingerprint density at radius 2 is 1.70 bits per heavy atom. The topological polar surface area (TPSA) is 54.3 Å². The van der Waals surface area contributed by atoms with Gasteiger partial charge in [-0.2, -0.15) is 5.10 Å². The molecule has 6 nitrogen and oxygen atoms in total. The number of rotatable bonds is 5. The molecule has 0 bridgehead atoms. The standard InChI is InChI=1S/C24H27N5O/c30-24(28-15-3-4-23(28)18-27-13-1-2-14-27)20-5-7-22(8-6-20)29-17-21(16-26-29)19-9-11-25-12-10-19/h5-12,16-17,23H,1-4,13-15,18H2. The number of likely N-dealkylation sites (tertiary alicyclic amines) is 2. The van der Waals surface area contributed by atoms with Crippen LogP contribution in [0.5, 0.6) is 0 Å². The van der Waals surface area contributed by atoms with Crippen LogP contribution in [0, 0.1) is 0 Å². The highest BCUT2D eigenvalue weighted by Crippen LogP contribution is 2.24. The molecule has 1 amide bonds. The Balaban J connectivity index is 1.29. The Morgan fingerprint density at radius 1 is 0.933 bits per heavy atom. The van der Waals surface area contributed by atoms with Crippen LogP contribution in [0.25, 0.3) is 16.8 Å². The Morgan fingerprint density at radius 3 is 2.47 bits per heavy atom. The molecule has 30 heavy (non-hydrogen) atoms. The van der Waals surface area contributed by atoms with Gasteiger partial charge in [-0.05, 0) is 80.7 Å². The van der Waals surface area contributed by atoms with Crippen LogP contribution in [-0.4, -0.2) is 62.7 Å². The molecule has 0 N–H and O–H groups in total. The highest BCUT2D eigenvalue weighted by molar-refractivity contribution is 5.94. The first-order valence-corrected chi connectivity index (χ1v) is 10.9. The van der Waals surface area contributed by atoms with Crippen LogP contribution in [0.15, 0.2) is 61.2 Å². The summed E-state index contributed by atoms with van der Waals surface area (Å²) in [5, 5.41) is 4.48. The van der Waals surface area contributed by atoms with Gasteiger partial charge in [-0.25, -0.2) is 4.68 Å². The number of amides is 1. The number of aromatic nitrogens is 3.